The fourth-order valence-corrected chi connectivity index (χ4v) is 2.20. The number of benzene rings is 1. The van der Waals surface area contributed by atoms with Gasteiger partial charge < -0.3 is 25.4 Å². The highest BCUT2D eigenvalue weighted by molar-refractivity contribution is 5.89. The number of carbonyl (C=O) groups excluding carboxylic acids is 2. The number of carbonyl (C=O) groups is 2. The first kappa shape index (κ1) is 18.6. The minimum Gasteiger partial charge on any atom is -0.468 e. The van der Waals surface area contributed by atoms with Crippen LogP contribution in [0, 0.1) is 0 Å². The van der Waals surface area contributed by atoms with Gasteiger partial charge in [0.25, 0.3) is 5.90 Å². The highest BCUT2D eigenvalue weighted by Gasteiger charge is 2.44. The summed E-state index contributed by atoms with van der Waals surface area (Å²) in [6.07, 6.45) is -5.07. The van der Waals surface area contributed by atoms with Gasteiger partial charge in [0.05, 0.1) is 6.61 Å². The second-order valence-electron chi connectivity index (χ2n) is 5.30. The molecule has 25 heavy (non-hydrogen) atoms. The molecule has 4 atom stereocenters. The lowest BCUT2D eigenvalue weighted by atomic mass is 9.97. The molecule has 1 aromatic rings. The van der Waals surface area contributed by atoms with Gasteiger partial charge in [0.1, 0.15) is 18.2 Å². The van der Waals surface area contributed by atoms with Crippen LogP contribution in [0.2, 0.25) is 0 Å². The molecule has 1 aliphatic rings. The molecule has 0 aromatic heterocycles. The smallest absolute Gasteiger partial charge is 0.437 e. The van der Waals surface area contributed by atoms with Gasteiger partial charge in [-0.25, -0.2) is 4.79 Å². The Morgan fingerprint density at radius 3 is 2.52 bits per heavy atom. The van der Waals surface area contributed by atoms with E-state index in [0.717, 1.165) is 0 Å². The number of ether oxygens (including phenoxy) is 1. The van der Waals surface area contributed by atoms with Gasteiger partial charge in [0.15, 0.2) is 6.10 Å². The second-order valence-corrected chi connectivity index (χ2v) is 5.30. The molecular weight excluding hydrogens is 334 g/mol. The Labute approximate surface area is 143 Å². The maximum absolute atomic E-state index is 11.7. The molecule has 10 nitrogen and oxygen atoms in total. The van der Waals surface area contributed by atoms with E-state index in [1.54, 1.807) is 30.3 Å². The number of para-hydroxylation sites is 1. The normalized spacial score (nSPS) is 27.3. The number of hydrogen-bond acceptors (Lipinski definition) is 8. The predicted molar refractivity (Wildman–Crippen MR) is 85.6 cm³/mol. The zero-order chi connectivity index (χ0) is 18.4. The molecule has 1 heterocycles. The van der Waals surface area contributed by atoms with Crippen molar-refractivity contribution in [3.63, 3.8) is 0 Å². The van der Waals surface area contributed by atoms with Crippen molar-refractivity contribution in [1.82, 2.24) is 5.32 Å². The van der Waals surface area contributed by atoms with Gasteiger partial charge in [0, 0.05) is 12.6 Å². The molecule has 0 unspecified atom stereocenters. The number of nitrogens with one attached hydrogen (secondary N) is 2. The summed E-state index contributed by atoms with van der Waals surface area (Å²) in [6, 6.07) is 7.22. The molecule has 10 heteroatoms. The van der Waals surface area contributed by atoms with Crippen LogP contribution < -0.4 is 10.6 Å². The van der Waals surface area contributed by atoms with E-state index in [4.69, 9.17) is 4.74 Å². The van der Waals surface area contributed by atoms with Gasteiger partial charge >= 0.3 is 6.09 Å². The van der Waals surface area contributed by atoms with E-state index < -0.39 is 43.0 Å². The zero-order valence-corrected chi connectivity index (χ0v) is 13.3. The van der Waals surface area contributed by atoms with E-state index in [0.29, 0.717) is 5.69 Å². The summed E-state index contributed by atoms with van der Waals surface area (Å²) >= 11 is 0. The van der Waals surface area contributed by atoms with Gasteiger partial charge in [-0.05, 0) is 17.3 Å². The van der Waals surface area contributed by atoms with Crippen molar-refractivity contribution in [2.24, 2.45) is 5.16 Å². The number of oxime groups is 1. The monoisotopic (exact) mass is 353 g/mol. The lowest BCUT2D eigenvalue weighted by Gasteiger charge is -2.37. The highest BCUT2D eigenvalue weighted by atomic mass is 16.7. The fourth-order valence-electron chi connectivity index (χ4n) is 2.20. The van der Waals surface area contributed by atoms with Crippen molar-refractivity contribution < 1.29 is 34.5 Å². The van der Waals surface area contributed by atoms with Crippen LogP contribution in [0.1, 0.15) is 6.92 Å². The molecule has 1 aromatic carbocycles. The van der Waals surface area contributed by atoms with E-state index in [2.05, 4.69) is 20.6 Å². The van der Waals surface area contributed by atoms with Gasteiger partial charge in [-0.15, -0.1) is 0 Å². The summed E-state index contributed by atoms with van der Waals surface area (Å²) in [5.41, 5.74) is 0.472. The molecule has 136 valence electrons. The molecule has 0 spiro atoms. The Hall–Kier alpha value is -2.69. The minimum atomic E-state index is -1.51. The van der Waals surface area contributed by atoms with Crippen LogP contribution in [-0.2, 0) is 14.4 Å². The quantitative estimate of drug-likeness (QED) is 0.350. The van der Waals surface area contributed by atoms with Gasteiger partial charge in [-0.1, -0.05) is 18.2 Å². The Morgan fingerprint density at radius 1 is 1.24 bits per heavy atom. The molecule has 2 amide bonds. The minimum absolute atomic E-state index is 0.352. The first-order valence-corrected chi connectivity index (χ1v) is 7.44. The van der Waals surface area contributed by atoms with Crippen LogP contribution in [0.4, 0.5) is 10.5 Å². The second kappa shape index (κ2) is 8.42. The molecule has 1 saturated heterocycles. The number of anilines is 1. The third-order valence-corrected chi connectivity index (χ3v) is 3.39. The summed E-state index contributed by atoms with van der Waals surface area (Å²) in [4.78, 5) is 27.7. The summed E-state index contributed by atoms with van der Waals surface area (Å²) in [5, 5.41) is 37.3. The van der Waals surface area contributed by atoms with Crippen molar-refractivity contribution in [3.05, 3.63) is 30.3 Å². The third-order valence-electron chi connectivity index (χ3n) is 3.39. The molecule has 5 N–H and O–H groups in total. The van der Waals surface area contributed by atoms with Gasteiger partial charge in [0.2, 0.25) is 5.91 Å². The molecule has 1 aliphatic heterocycles. The fraction of sp³-hybridized carbons (Fsp3) is 0.400. The third kappa shape index (κ3) is 4.89. The Kier molecular flexibility index (Phi) is 6.28. The molecule has 0 radical (unpaired) electrons. The lowest BCUT2D eigenvalue weighted by Crippen LogP contribution is -2.62. The maximum Gasteiger partial charge on any atom is 0.437 e. The number of amides is 2. The van der Waals surface area contributed by atoms with Crippen molar-refractivity contribution in [3.8, 4) is 0 Å². The van der Waals surface area contributed by atoms with Crippen LogP contribution in [-0.4, -0.2) is 64.2 Å². The van der Waals surface area contributed by atoms with E-state index >= 15 is 0 Å². The largest absolute Gasteiger partial charge is 0.468 e. The van der Waals surface area contributed by atoms with Crippen molar-refractivity contribution in [1.29, 1.82) is 0 Å². The highest BCUT2D eigenvalue weighted by Crippen LogP contribution is 2.18. The summed E-state index contributed by atoms with van der Waals surface area (Å²) in [7, 11) is 0. The Morgan fingerprint density at radius 2 is 1.92 bits per heavy atom. The van der Waals surface area contributed by atoms with Gasteiger partial charge in [-0.2, -0.15) is 0 Å². The first-order chi connectivity index (χ1) is 11.9. The number of hydrogen-bond donors (Lipinski definition) is 5. The van der Waals surface area contributed by atoms with Crippen LogP contribution in [0.15, 0.2) is 35.5 Å². The van der Waals surface area contributed by atoms with Crippen LogP contribution in [0.5, 0.6) is 0 Å². The molecular formula is C15H19N3O7. The topological polar surface area (TPSA) is 150 Å². The summed E-state index contributed by atoms with van der Waals surface area (Å²) in [5.74, 6) is -0.876. The predicted octanol–water partition coefficient (Wildman–Crippen LogP) is -0.834. The standard InChI is InChI=1S/C15H19N3O7/c1-8(20)16-11-13(22)12(21)10(7-19)24-14(11)18-25-15(23)17-9-5-3-2-4-6-9/h2-6,10-13,19,21-22H,7H2,1H3,(H,16,20)(H,17,23)/b18-14+/t10-,11+,12+,13+/m1/s1. The van der Waals surface area contributed by atoms with E-state index in [1.807, 2.05) is 0 Å². The number of rotatable bonds is 4. The summed E-state index contributed by atoms with van der Waals surface area (Å²) < 4.78 is 5.20. The van der Waals surface area contributed by atoms with Crippen molar-refractivity contribution >= 4 is 23.6 Å². The van der Waals surface area contributed by atoms with Crippen LogP contribution >= 0.6 is 0 Å². The van der Waals surface area contributed by atoms with Crippen molar-refractivity contribution in [2.45, 2.75) is 31.3 Å². The lowest BCUT2D eigenvalue weighted by molar-refractivity contribution is -0.126. The number of aliphatic hydroxyl groups is 3. The molecule has 0 saturated carbocycles. The average Bonchev–Trinajstić information content (AvgIpc) is 2.59. The SMILES string of the molecule is CC(=O)N[C@@H]1/C(=N\OC(=O)Nc2ccccc2)O[C@H](CO)[C@H](O)[C@H]1O. The molecule has 0 aliphatic carbocycles. The van der Waals surface area contributed by atoms with E-state index in [-0.39, 0.29) is 5.90 Å². The molecule has 0 bridgehead atoms. The van der Waals surface area contributed by atoms with Crippen LogP contribution in [0.25, 0.3) is 0 Å². The average molecular weight is 353 g/mol. The summed E-state index contributed by atoms with van der Waals surface area (Å²) in [6.45, 7) is 0.581. The molecule has 1 fully saturated rings. The van der Waals surface area contributed by atoms with Gasteiger partial charge in [-0.3, -0.25) is 14.9 Å². The number of aliphatic hydroxyl groups excluding tert-OH is 3. The van der Waals surface area contributed by atoms with E-state index in [1.165, 1.54) is 6.92 Å². The Balaban J connectivity index is 2.09. The Bertz CT molecular complexity index is 637. The van der Waals surface area contributed by atoms with Crippen molar-refractivity contribution in [2.75, 3.05) is 11.9 Å². The first-order valence-electron chi connectivity index (χ1n) is 7.44. The van der Waals surface area contributed by atoms with Crippen LogP contribution in [0.3, 0.4) is 0 Å². The zero-order valence-electron chi connectivity index (χ0n) is 13.3. The number of nitrogens with zero attached hydrogens (tertiary/aromatic N) is 1. The maximum atomic E-state index is 11.7. The van der Waals surface area contributed by atoms with E-state index in [9.17, 15) is 24.9 Å². The molecule has 2 rings (SSSR count).